The first kappa shape index (κ1) is 22.4. The van der Waals surface area contributed by atoms with Crippen molar-refractivity contribution in [2.75, 3.05) is 31.6 Å². The van der Waals surface area contributed by atoms with Gasteiger partial charge in [-0.25, -0.2) is 4.79 Å². The van der Waals surface area contributed by atoms with Crippen LogP contribution in [-0.2, 0) is 23.9 Å². The molecule has 0 spiro atoms. The maximum Gasteiger partial charge on any atom is 0.340 e. The van der Waals surface area contributed by atoms with Crippen LogP contribution in [0.25, 0.3) is 0 Å². The van der Waals surface area contributed by atoms with Crippen LogP contribution in [0.2, 0.25) is 0 Å². The number of nitrogens with zero attached hydrogens (tertiary/aromatic N) is 1. The normalized spacial score (nSPS) is 14.2. The Balaban J connectivity index is 1.94. The molecule has 0 unspecified atom stereocenters. The number of rotatable bonds is 7. The summed E-state index contributed by atoms with van der Waals surface area (Å²) < 4.78 is 10.2. The summed E-state index contributed by atoms with van der Waals surface area (Å²) in [6.45, 7) is 4.96. The molecule has 0 bridgehead atoms. The molecule has 29 heavy (non-hydrogen) atoms. The number of ether oxygens (including phenoxy) is 2. The largest absolute Gasteiger partial charge is 0.466 e. The standard InChI is InChI=1S/C21H28N2O6/c1-3-5-14-29-21(27)16-8-6-7-9-17(16)22-18(24)19(25)23-12-10-15(11-13-23)20(26)28-4-2/h6-9,15H,3-5,10-14H2,1-2H3,(H,22,24). The molecule has 0 radical (unpaired) electrons. The minimum atomic E-state index is -0.826. The van der Waals surface area contributed by atoms with Crippen LogP contribution in [-0.4, -0.2) is 55.0 Å². The average Bonchev–Trinajstić information content (AvgIpc) is 2.74. The molecule has 0 saturated carbocycles. The molecule has 1 fully saturated rings. The summed E-state index contributed by atoms with van der Waals surface area (Å²) in [5.74, 6) is -2.58. The van der Waals surface area contributed by atoms with Crippen LogP contribution in [0.3, 0.4) is 0 Å². The number of likely N-dealkylation sites (tertiary alicyclic amines) is 1. The number of esters is 2. The Hall–Kier alpha value is -2.90. The van der Waals surface area contributed by atoms with Crippen molar-refractivity contribution < 1.29 is 28.7 Å². The molecule has 1 aromatic rings. The first-order valence-electron chi connectivity index (χ1n) is 10.0. The fraction of sp³-hybridized carbons (Fsp3) is 0.524. The lowest BCUT2D eigenvalue weighted by molar-refractivity contribution is -0.152. The van der Waals surface area contributed by atoms with E-state index in [1.54, 1.807) is 31.2 Å². The second kappa shape index (κ2) is 11.2. The van der Waals surface area contributed by atoms with Crippen molar-refractivity contribution in [2.24, 2.45) is 5.92 Å². The van der Waals surface area contributed by atoms with Gasteiger partial charge >= 0.3 is 23.8 Å². The number of amides is 2. The molecular weight excluding hydrogens is 376 g/mol. The molecule has 0 aliphatic carbocycles. The van der Waals surface area contributed by atoms with E-state index in [-0.39, 0.29) is 23.1 Å². The zero-order chi connectivity index (χ0) is 21.2. The van der Waals surface area contributed by atoms with E-state index in [1.807, 2.05) is 6.92 Å². The smallest absolute Gasteiger partial charge is 0.340 e. The predicted octanol–water partition coefficient (Wildman–Crippen LogP) is 2.38. The molecule has 2 rings (SSSR count). The summed E-state index contributed by atoms with van der Waals surface area (Å²) >= 11 is 0. The lowest BCUT2D eigenvalue weighted by Crippen LogP contribution is -2.45. The SMILES string of the molecule is CCCCOC(=O)c1ccccc1NC(=O)C(=O)N1CCC(C(=O)OCC)CC1. The van der Waals surface area contributed by atoms with Gasteiger partial charge in [0, 0.05) is 13.1 Å². The molecule has 1 aliphatic rings. The lowest BCUT2D eigenvalue weighted by atomic mass is 9.97. The molecular formula is C21H28N2O6. The van der Waals surface area contributed by atoms with Crippen LogP contribution < -0.4 is 5.32 Å². The monoisotopic (exact) mass is 404 g/mol. The molecule has 158 valence electrons. The second-order valence-electron chi connectivity index (χ2n) is 6.81. The third-order valence-corrected chi connectivity index (χ3v) is 4.72. The van der Waals surface area contributed by atoms with E-state index in [0.717, 1.165) is 12.8 Å². The molecule has 1 heterocycles. The Bertz CT molecular complexity index is 740. The number of carbonyl (C=O) groups is 4. The Morgan fingerprint density at radius 2 is 1.76 bits per heavy atom. The van der Waals surface area contributed by atoms with Gasteiger partial charge in [0.15, 0.2) is 0 Å². The summed E-state index contributed by atoms with van der Waals surface area (Å²) in [7, 11) is 0. The van der Waals surface area contributed by atoms with Gasteiger partial charge in [0.2, 0.25) is 0 Å². The minimum Gasteiger partial charge on any atom is -0.466 e. The van der Waals surface area contributed by atoms with Crippen molar-refractivity contribution in [1.29, 1.82) is 0 Å². The number of piperidine rings is 1. The highest BCUT2D eigenvalue weighted by molar-refractivity contribution is 6.39. The summed E-state index contributed by atoms with van der Waals surface area (Å²) in [5, 5.41) is 2.51. The molecule has 2 amide bonds. The molecule has 1 N–H and O–H groups in total. The Morgan fingerprint density at radius 1 is 1.07 bits per heavy atom. The molecule has 0 atom stereocenters. The number of benzene rings is 1. The van der Waals surface area contributed by atoms with Crippen LogP contribution in [0.4, 0.5) is 5.69 Å². The fourth-order valence-electron chi connectivity index (χ4n) is 3.05. The van der Waals surface area contributed by atoms with Crippen molar-refractivity contribution in [3.05, 3.63) is 29.8 Å². The average molecular weight is 404 g/mol. The van der Waals surface area contributed by atoms with E-state index in [9.17, 15) is 19.2 Å². The van der Waals surface area contributed by atoms with Crippen molar-refractivity contribution >= 4 is 29.4 Å². The van der Waals surface area contributed by atoms with Gasteiger partial charge in [-0.15, -0.1) is 0 Å². The van der Waals surface area contributed by atoms with Crippen molar-refractivity contribution in [1.82, 2.24) is 4.90 Å². The van der Waals surface area contributed by atoms with Gasteiger partial charge in [-0.05, 0) is 38.3 Å². The van der Waals surface area contributed by atoms with Crippen LogP contribution in [0.1, 0.15) is 49.9 Å². The second-order valence-corrected chi connectivity index (χ2v) is 6.81. The number of hydrogen-bond acceptors (Lipinski definition) is 6. The maximum absolute atomic E-state index is 12.5. The summed E-state index contributed by atoms with van der Waals surface area (Å²) in [6.07, 6.45) is 2.56. The molecule has 1 aromatic carbocycles. The maximum atomic E-state index is 12.5. The highest BCUT2D eigenvalue weighted by Crippen LogP contribution is 2.20. The number of nitrogens with one attached hydrogen (secondary N) is 1. The van der Waals surface area contributed by atoms with E-state index in [1.165, 1.54) is 4.90 Å². The number of unbranched alkanes of at least 4 members (excludes halogenated alkanes) is 1. The summed E-state index contributed by atoms with van der Waals surface area (Å²) in [4.78, 5) is 50.3. The first-order valence-corrected chi connectivity index (χ1v) is 10.0. The minimum absolute atomic E-state index is 0.200. The molecule has 0 aromatic heterocycles. The molecule has 1 aliphatic heterocycles. The Morgan fingerprint density at radius 3 is 2.41 bits per heavy atom. The highest BCUT2D eigenvalue weighted by Gasteiger charge is 2.31. The molecule has 8 nitrogen and oxygen atoms in total. The topological polar surface area (TPSA) is 102 Å². The lowest BCUT2D eigenvalue weighted by Gasteiger charge is -2.30. The molecule has 8 heteroatoms. The quantitative estimate of drug-likeness (QED) is 0.425. The summed E-state index contributed by atoms with van der Waals surface area (Å²) in [5.41, 5.74) is 0.430. The highest BCUT2D eigenvalue weighted by atomic mass is 16.5. The van der Waals surface area contributed by atoms with Crippen molar-refractivity contribution in [3.63, 3.8) is 0 Å². The fourth-order valence-corrected chi connectivity index (χ4v) is 3.05. The van der Waals surface area contributed by atoms with Crippen LogP contribution in [0.15, 0.2) is 24.3 Å². The number of carbonyl (C=O) groups excluding carboxylic acids is 4. The number of anilines is 1. The van der Waals surface area contributed by atoms with Gasteiger partial charge in [-0.1, -0.05) is 25.5 Å². The Labute approximate surface area is 170 Å². The van der Waals surface area contributed by atoms with Gasteiger partial charge in [-0.3, -0.25) is 14.4 Å². The van der Waals surface area contributed by atoms with Crippen LogP contribution in [0, 0.1) is 5.92 Å². The van der Waals surface area contributed by atoms with E-state index in [4.69, 9.17) is 9.47 Å². The van der Waals surface area contributed by atoms with Gasteiger partial charge < -0.3 is 19.7 Å². The predicted molar refractivity (Wildman–Crippen MR) is 106 cm³/mol. The zero-order valence-electron chi connectivity index (χ0n) is 16.9. The van der Waals surface area contributed by atoms with Crippen LogP contribution >= 0.6 is 0 Å². The van der Waals surface area contributed by atoms with Gasteiger partial charge in [-0.2, -0.15) is 0 Å². The Kier molecular flexibility index (Phi) is 8.64. The van der Waals surface area contributed by atoms with E-state index >= 15 is 0 Å². The number of hydrogen-bond donors (Lipinski definition) is 1. The van der Waals surface area contributed by atoms with Crippen molar-refractivity contribution in [2.45, 2.75) is 39.5 Å². The third-order valence-electron chi connectivity index (χ3n) is 4.72. The van der Waals surface area contributed by atoms with E-state index in [0.29, 0.717) is 39.1 Å². The molecule has 1 saturated heterocycles. The van der Waals surface area contributed by atoms with Gasteiger partial charge in [0.25, 0.3) is 0 Å². The van der Waals surface area contributed by atoms with Gasteiger partial charge in [0.05, 0.1) is 30.4 Å². The first-order chi connectivity index (χ1) is 14.0. The summed E-state index contributed by atoms with van der Waals surface area (Å²) in [6, 6.07) is 6.41. The van der Waals surface area contributed by atoms with Gasteiger partial charge in [0.1, 0.15) is 0 Å². The number of para-hydroxylation sites is 1. The third kappa shape index (κ3) is 6.30. The van der Waals surface area contributed by atoms with E-state index in [2.05, 4.69) is 5.32 Å². The van der Waals surface area contributed by atoms with Crippen molar-refractivity contribution in [3.8, 4) is 0 Å². The zero-order valence-corrected chi connectivity index (χ0v) is 16.9. The van der Waals surface area contributed by atoms with Crippen LogP contribution in [0.5, 0.6) is 0 Å². The van der Waals surface area contributed by atoms with E-state index < -0.39 is 17.8 Å².